The highest BCUT2D eigenvalue weighted by molar-refractivity contribution is 6.31. The van der Waals surface area contributed by atoms with Crippen LogP contribution in [0.2, 0.25) is 0 Å². The first kappa shape index (κ1) is 14.3. The first-order chi connectivity index (χ1) is 8.52. The number of hydrogen-bond donors (Lipinski definition) is 2. The average molecular weight is 271 g/mol. The summed E-state index contributed by atoms with van der Waals surface area (Å²) in [6.07, 6.45) is 0. The van der Waals surface area contributed by atoms with Crippen molar-refractivity contribution in [2.45, 2.75) is 19.2 Å². The molecule has 18 heavy (non-hydrogen) atoms. The lowest BCUT2D eigenvalue weighted by molar-refractivity contribution is -0.119. The van der Waals surface area contributed by atoms with Gasteiger partial charge in [-0.3, -0.25) is 10.1 Å². The maximum absolute atomic E-state index is 11.4. The largest absolute Gasteiger partial charge is 0.494 e. The van der Waals surface area contributed by atoms with Gasteiger partial charge in [-0.05, 0) is 38.1 Å². The summed E-state index contributed by atoms with van der Waals surface area (Å²) < 4.78 is 5.26. The highest BCUT2D eigenvalue weighted by atomic mass is 35.5. The van der Waals surface area contributed by atoms with Crippen molar-refractivity contribution in [3.05, 3.63) is 24.3 Å². The lowest BCUT2D eigenvalue weighted by Crippen LogP contribution is -2.38. The molecule has 3 amide bonds. The van der Waals surface area contributed by atoms with Crippen molar-refractivity contribution in [3.8, 4) is 5.75 Å². The maximum Gasteiger partial charge on any atom is 0.325 e. The van der Waals surface area contributed by atoms with Gasteiger partial charge in [0.15, 0.2) is 0 Å². The summed E-state index contributed by atoms with van der Waals surface area (Å²) in [5.41, 5.74) is 0.561. The molecule has 0 spiro atoms. The summed E-state index contributed by atoms with van der Waals surface area (Å²) in [6.45, 7) is 3.95. The van der Waals surface area contributed by atoms with Crippen LogP contribution in [0.4, 0.5) is 10.5 Å². The SMILES string of the molecule is CCOc1ccc(NC(=O)NC(=O)C(C)Cl)cc1. The van der Waals surface area contributed by atoms with Gasteiger partial charge >= 0.3 is 6.03 Å². The standard InChI is InChI=1S/C12H15ClN2O3/c1-3-18-10-6-4-9(5-7-10)14-12(17)15-11(16)8(2)13/h4-8H,3H2,1-2H3,(H2,14,15,16,17). The van der Waals surface area contributed by atoms with Gasteiger partial charge in [-0.2, -0.15) is 0 Å². The first-order valence-corrected chi connectivity index (χ1v) is 5.95. The number of hydrogen-bond acceptors (Lipinski definition) is 3. The van der Waals surface area contributed by atoms with Crippen LogP contribution in [0.5, 0.6) is 5.75 Å². The molecular weight excluding hydrogens is 256 g/mol. The number of alkyl halides is 1. The van der Waals surface area contributed by atoms with E-state index in [2.05, 4.69) is 10.6 Å². The molecule has 0 saturated carbocycles. The van der Waals surface area contributed by atoms with E-state index in [9.17, 15) is 9.59 Å². The van der Waals surface area contributed by atoms with E-state index >= 15 is 0 Å². The predicted molar refractivity (Wildman–Crippen MR) is 70.1 cm³/mol. The van der Waals surface area contributed by atoms with Crippen molar-refractivity contribution in [1.82, 2.24) is 5.32 Å². The molecular formula is C12H15ClN2O3. The van der Waals surface area contributed by atoms with Gasteiger partial charge < -0.3 is 10.1 Å². The molecule has 0 fully saturated rings. The van der Waals surface area contributed by atoms with Crippen molar-refractivity contribution in [3.63, 3.8) is 0 Å². The molecule has 0 heterocycles. The minimum atomic E-state index is -0.754. The van der Waals surface area contributed by atoms with Gasteiger partial charge in [-0.15, -0.1) is 11.6 Å². The van der Waals surface area contributed by atoms with Crippen molar-refractivity contribution < 1.29 is 14.3 Å². The van der Waals surface area contributed by atoms with Crippen LogP contribution < -0.4 is 15.4 Å². The first-order valence-electron chi connectivity index (χ1n) is 5.51. The molecule has 0 bridgehead atoms. The fraction of sp³-hybridized carbons (Fsp3) is 0.333. The molecule has 1 atom stereocenters. The second kappa shape index (κ2) is 6.86. The van der Waals surface area contributed by atoms with Crippen molar-refractivity contribution >= 4 is 29.2 Å². The van der Waals surface area contributed by atoms with Crippen molar-refractivity contribution in [2.24, 2.45) is 0 Å². The third kappa shape index (κ3) is 4.63. The second-order valence-electron chi connectivity index (χ2n) is 3.52. The fourth-order valence-corrected chi connectivity index (χ4v) is 1.23. The zero-order chi connectivity index (χ0) is 13.5. The van der Waals surface area contributed by atoms with E-state index < -0.39 is 17.3 Å². The lowest BCUT2D eigenvalue weighted by Gasteiger charge is -2.08. The lowest BCUT2D eigenvalue weighted by atomic mass is 10.3. The van der Waals surface area contributed by atoms with E-state index in [0.29, 0.717) is 18.0 Å². The highest BCUT2D eigenvalue weighted by Crippen LogP contribution is 2.15. The Kier molecular flexibility index (Phi) is 5.45. The van der Waals surface area contributed by atoms with Crippen LogP contribution in [0.1, 0.15) is 13.8 Å². The number of carbonyl (C=O) groups excluding carboxylic acids is 2. The molecule has 1 aromatic rings. The molecule has 5 nitrogen and oxygen atoms in total. The quantitative estimate of drug-likeness (QED) is 0.826. The molecule has 0 aliphatic carbocycles. The van der Waals surface area contributed by atoms with Crippen LogP contribution in [-0.4, -0.2) is 23.9 Å². The van der Waals surface area contributed by atoms with Gasteiger partial charge in [0.2, 0.25) is 5.91 Å². The molecule has 0 aromatic heterocycles. The maximum atomic E-state index is 11.4. The average Bonchev–Trinajstić information content (AvgIpc) is 2.31. The molecule has 1 unspecified atom stereocenters. The molecule has 0 aliphatic rings. The number of benzene rings is 1. The van der Waals surface area contributed by atoms with Crippen LogP contribution in [0, 0.1) is 0 Å². The molecule has 1 aromatic carbocycles. The van der Waals surface area contributed by atoms with Crippen LogP contribution in [0.3, 0.4) is 0 Å². The second-order valence-corrected chi connectivity index (χ2v) is 4.17. The topological polar surface area (TPSA) is 67.4 Å². The van der Waals surface area contributed by atoms with Gasteiger partial charge in [0, 0.05) is 5.69 Å². The van der Waals surface area contributed by atoms with Gasteiger partial charge in [-0.1, -0.05) is 0 Å². The Morgan fingerprint density at radius 2 is 1.94 bits per heavy atom. The molecule has 0 aliphatic heterocycles. The number of rotatable bonds is 4. The number of nitrogens with one attached hydrogen (secondary N) is 2. The summed E-state index contributed by atoms with van der Waals surface area (Å²) in [4.78, 5) is 22.6. The van der Waals surface area contributed by atoms with E-state index in [4.69, 9.17) is 16.3 Å². The summed E-state index contributed by atoms with van der Waals surface area (Å²) >= 11 is 5.52. The van der Waals surface area contributed by atoms with Crippen LogP contribution in [-0.2, 0) is 4.79 Å². The third-order valence-corrected chi connectivity index (χ3v) is 2.22. The zero-order valence-electron chi connectivity index (χ0n) is 10.2. The Hall–Kier alpha value is -1.75. The number of halogens is 1. The number of anilines is 1. The summed E-state index contributed by atoms with van der Waals surface area (Å²) in [7, 11) is 0. The number of ether oxygens (including phenoxy) is 1. The molecule has 1 rings (SSSR count). The van der Waals surface area contributed by atoms with Gasteiger partial charge in [-0.25, -0.2) is 4.79 Å². The van der Waals surface area contributed by atoms with Gasteiger partial charge in [0.25, 0.3) is 0 Å². The Balaban J connectivity index is 2.51. The minimum absolute atomic E-state index is 0.542. The van der Waals surface area contributed by atoms with Crippen LogP contribution >= 0.6 is 11.6 Å². The van der Waals surface area contributed by atoms with Crippen molar-refractivity contribution in [2.75, 3.05) is 11.9 Å². The van der Waals surface area contributed by atoms with E-state index in [-0.39, 0.29) is 0 Å². The Morgan fingerprint density at radius 3 is 2.44 bits per heavy atom. The summed E-state index contributed by atoms with van der Waals surface area (Å²) in [5.74, 6) is 0.175. The number of carbonyl (C=O) groups is 2. The number of imide groups is 1. The van der Waals surface area contributed by atoms with Crippen LogP contribution in [0.25, 0.3) is 0 Å². The van der Waals surface area contributed by atoms with Crippen LogP contribution in [0.15, 0.2) is 24.3 Å². The number of urea groups is 1. The Bertz CT molecular complexity index is 418. The predicted octanol–water partition coefficient (Wildman–Crippen LogP) is 2.36. The van der Waals surface area contributed by atoms with E-state index in [1.807, 2.05) is 6.92 Å². The van der Waals surface area contributed by atoms with Gasteiger partial charge in [0.05, 0.1) is 6.61 Å². The Labute approximate surface area is 110 Å². The molecule has 2 N–H and O–H groups in total. The molecule has 0 saturated heterocycles. The fourth-order valence-electron chi connectivity index (χ4n) is 1.17. The third-order valence-electron chi connectivity index (χ3n) is 2.02. The normalized spacial score (nSPS) is 11.5. The smallest absolute Gasteiger partial charge is 0.325 e. The van der Waals surface area contributed by atoms with Gasteiger partial charge in [0.1, 0.15) is 11.1 Å². The van der Waals surface area contributed by atoms with E-state index in [0.717, 1.165) is 0 Å². The minimum Gasteiger partial charge on any atom is -0.494 e. The van der Waals surface area contributed by atoms with Crippen molar-refractivity contribution in [1.29, 1.82) is 0 Å². The summed E-state index contributed by atoms with van der Waals surface area (Å²) in [6, 6.07) is 6.20. The molecule has 0 radical (unpaired) electrons. The molecule has 98 valence electrons. The molecule has 6 heteroatoms. The van der Waals surface area contributed by atoms with E-state index in [1.165, 1.54) is 6.92 Å². The highest BCUT2D eigenvalue weighted by Gasteiger charge is 2.12. The Morgan fingerprint density at radius 1 is 1.33 bits per heavy atom. The monoisotopic (exact) mass is 270 g/mol. The van der Waals surface area contributed by atoms with E-state index in [1.54, 1.807) is 24.3 Å². The number of amides is 3. The zero-order valence-corrected chi connectivity index (χ0v) is 11.0. The summed E-state index contributed by atoms with van der Waals surface area (Å²) in [5, 5.41) is 3.87.